The molecular formula is C6H17N5. The van der Waals surface area contributed by atoms with Gasteiger partial charge in [-0.05, 0) is 6.54 Å². The van der Waals surface area contributed by atoms with Crippen LogP contribution in [0.15, 0.2) is 10.3 Å². The fourth-order valence-corrected chi connectivity index (χ4v) is 0.854. The first kappa shape index (κ1) is 10.3. The van der Waals surface area contributed by atoms with E-state index in [4.69, 9.17) is 11.6 Å². The van der Waals surface area contributed by atoms with E-state index in [9.17, 15) is 0 Å². The highest BCUT2D eigenvalue weighted by Gasteiger charge is 1.97. The van der Waals surface area contributed by atoms with Gasteiger partial charge in [0.15, 0.2) is 0 Å². The van der Waals surface area contributed by atoms with E-state index in [1.165, 1.54) is 0 Å². The standard InChI is InChI=1S/C6H17N5/c1-2-11(5-3-7)6-4-9-10-8/h2-7H2,1H3,(H2,8,9). The van der Waals surface area contributed by atoms with E-state index in [-0.39, 0.29) is 0 Å². The summed E-state index contributed by atoms with van der Waals surface area (Å²) < 4.78 is 0. The monoisotopic (exact) mass is 159 g/mol. The third-order valence-corrected chi connectivity index (χ3v) is 1.49. The number of nitrogens with zero attached hydrogens (tertiary/aromatic N) is 3. The minimum absolute atomic E-state index is 0.657. The van der Waals surface area contributed by atoms with Crippen LogP contribution in [0.2, 0.25) is 0 Å². The summed E-state index contributed by atoms with van der Waals surface area (Å²) in [6.45, 7) is 6.23. The highest BCUT2D eigenvalue weighted by molar-refractivity contribution is 4.56. The molecule has 0 aromatic carbocycles. The first-order valence-electron chi connectivity index (χ1n) is 3.84. The molecule has 0 radical (unpaired) electrons. The van der Waals surface area contributed by atoms with Gasteiger partial charge < -0.3 is 16.5 Å². The van der Waals surface area contributed by atoms with Crippen molar-refractivity contribution in [2.24, 2.45) is 21.9 Å². The van der Waals surface area contributed by atoms with Crippen LogP contribution in [-0.4, -0.2) is 37.6 Å². The minimum atomic E-state index is 0.657. The van der Waals surface area contributed by atoms with Crippen LogP contribution in [-0.2, 0) is 0 Å². The van der Waals surface area contributed by atoms with Gasteiger partial charge >= 0.3 is 0 Å². The number of nitrogens with two attached hydrogens (primary N) is 2. The van der Waals surface area contributed by atoms with Crippen LogP contribution < -0.4 is 11.6 Å². The second-order valence-electron chi connectivity index (χ2n) is 2.20. The molecule has 66 valence electrons. The molecule has 0 atom stereocenters. The van der Waals surface area contributed by atoms with Crippen LogP contribution in [0.1, 0.15) is 6.92 Å². The van der Waals surface area contributed by atoms with E-state index >= 15 is 0 Å². The molecule has 0 fully saturated rings. The van der Waals surface area contributed by atoms with Crippen molar-refractivity contribution in [2.45, 2.75) is 6.92 Å². The summed E-state index contributed by atoms with van der Waals surface area (Å²) in [4.78, 5) is 2.20. The largest absolute Gasteiger partial charge is 0.329 e. The summed E-state index contributed by atoms with van der Waals surface area (Å²) in [5, 5.41) is 6.83. The number of likely N-dealkylation sites (N-methyl/N-ethyl adjacent to an activating group) is 1. The van der Waals surface area contributed by atoms with Gasteiger partial charge in [-0.15, -0.1) is 0 Å². The van der Waals surface area contributed by atoms with Gasteiger partial charge in [0.1, 0.15) is 0 Å². The average molecular weight is 159 g/mol. The number of hydrogen-bond donors (Lipinski definition) is 2. The molecule has 0 aromatic heterocycles. The first-order valence-corrected chi connectivity index (χ1v) is 3.84. The molecular weight excluding hydrogens is 142 g/mol. The van der Waals surface area contributed by atoms with Crippen LogP contribution in [0.5, 0.6) is 0 Å². The van der Waals surface area contributed by atoms with Gasteiger partial charge in [-0.2, -0.15) is 5.11 Å². The lowest BCUT2D eigenvalue weighted by molar-refractivity contribution is 0.303. The summed E-state index contributed by atoms with van der Waals surface area (Å²) in [5.41, 5.74) is 5.39. The Hall–Kier alpha value is -0.680. The molecule has 0 spiro atoms. The second kappa shape index (κ2) is 7.43. The maximum Gasteiger partial charge on any atom is 0.0747 e. The maximum absolute atomic E-state index is 5.39. The van der Waals surface area contributed by atoms with E-state index < -0.39 is 0 Å². The van der Waals surface area contributed by atoms with Gasteiger partial charge in [-0.3, -0.25) is 0 Å². The molecule has 0 aliphatic carbocycles. The smallest absolute Gasteiger partial charge is 0.0747 e. The summed E-state index contributed by atoms with van der Waals surface area (Å²) in [6, 6.07) is 0. The maximum atomic E-state index is 5.39. The third-order valence-electron chi connectivity index (χ3n) is 1.49. The minimum Gasteiger partial charge on any atom is -0.329 e. The Bertz CT molecular complexity index is 103. The highest BCUT2D eigenvalue weighted by atomic mass is 15.3. The molecule has 0 unspecified atom stereocenters. The van der Waals surface area contributed by atoms with E-state index in [1.54, 1.807) is 0 Å². The van der Waals surface area contributed by atoms with E-state index in [0.717, 1.165) is 19.6 Å². The first-order chi connectivity index (χ1) is 5.35. The molecule has 0 saturated heterocycles. The average Bonchev–Trinajstić information content (AvgIpc) is 2.03. The van der Waals surface area contributed by atoms with Crippen LogP contribution in [0.4, 0.5) is 0 Å². The van der Waals surface area contributed by atoms with Crippen molar-refractivity contribution >= 4 is 0 Å². The summed E-state index contributed by atoms with van der Waals surface area (Å²) >= 11 is 0. The Kier molecular flexibility index (Phi) is 6.97. The topological polar surface area (TPSA) is 80.0 Å². The lowest BCUT2D eigenvalue weighted by Gasteiger charge is -2.17. The van der Waals surface area contributed by atoms with Crippen molar-refractivity contribution in [3.05, 3.63) is 0 Å². The van der Waals surface area contributed by atoms with Gasteiger partial charge in [-0.25, -0.2) is 0 Å². The van der Waals surface area contributed by atoms with Gasteiger partial charge in [0.05, 0.1) is 6.54 Å². The van der Waals surface area contributed by atoms with Crippen LogP contribution >= 0.6 is 0 Å². The Labute approximate surface area is 67.4 Å². The van der Waals surface area contributed by atoms with Crippen molar-refractivity contribution in [1.29, 1.82) is 0 Å². The molecule has 0 amide bonds. The zero-order valence-electron chi connectivity index (χ0n) is 7.03. The summed E-state index contributed by atoms with van der Waals surface area (Å²) in [7, 11) is 0. The molecule has 0 heterocycles. The quantitative estimate of drug-likeness (QED) is 0.314. The molecule has 0 rings (SSSR count). The predicted molar refractivity (Wildman–Crippen MR) is 45.1 cm³/mol. The van der Waals surface area contributed by atoms with Crippen molar-refractivity contribution in [1.82, 2.24) is 4.90 Å². The zero-order chi connectivity index (χ0) is 8.53. The van der Waals surface area contributed by atoms with Gasteiger partial charge in [0.25, 0.3) is 0 Å². The summed E-state index contributed by atoms with van der Waals surface area (Å²) in [6.07, 6.45) is 0. The molecule has 11 heavy (non-hydrogen) atoms. The second-order valence-corrected chi connectivity index (χ2v) is 2.20. The Morgan fingerprint density at radius 3 is 2.55 bits per heavy atom. The van der Waals surface area contributed by atoms with Gasteiger partial charge in [0.2, 0.25) is 0 Å². The van der Waals surface area contributed by atoms with Crippen LogP contribution in [0, 0.1) is 0 Å². The van der Waals surface area contributed by atoms with Crippen LogP contribution in [0.25, 0.3) is 0 Å². The molecule has 0 saturated carbocycles. The number of rotatable bonds is 6. The zero-order valence-corrected chi connectivity index (χ0v) is 7.03. The Balaban J connectivity index is 3.35. The van der Waals surface area contributed by atoms with E-state index in [0.29, 0.717) is 13.1 Å². The fraction of sp³-hybridized carbons (Fsp3) is 1.00. The molecule has 4 N–H and O–H groups in total. The van der Waals surface area contributed by atoms with Crippen molar-refractivity contribution < 1.29 is 0 Å². The lowest BCUT2D eigenvalue weighted by Crippen LogP contribution is -2.31. The Morgan fingerprint density at radius 1 is 1.36 bits per heavy atom. The van der Waals surface area contributed by atoms with Gasteiger partial charge in [0, 0.05) is 19.6 Å². The highest BCUT2D eigenvalue weighted by Crippen LogP contribution is 1.85. The van der Waals surface area contributed by atoms with E-state index in [2.05, 4.69) is 22.2 Å². The summed E-state index contributed by atoms with van der Waals surface area (Å²) in [5.74, 6) is 4.85. The normalized spacial score (nSPS) is 11.5. The SMILES string of the molecule is CCN(CCN)CCN=NN. The van der Waals surface area contributed by atoms with Crippen molar-refractivity contribution in [3.63, 3.8) is 0 Å². The molecule has 5 heteroatoms. The van der Waals surface area contributed by atoms with Crippen molar-refractivity contribution in [2.75, 3.05) is 32.7 Å². The van der Waals surface area contributed by atoms with Crippen LogP contribution in [0.3, 0.4) is 0 Å². The molecule has 5 nitrogen and oxygen atoms in total. The molecule has 0 aromatic rings. The molecule has 0 aliphatic heterocycles. The van der Waals surface area contributed by atoms with Crippen molar-refractivity contribution in [3.8, 4) is 0 Å². The lowest BCUT2D eigenvalue weighted by atomic mass is 10.4. The fourth-order valence-electron chi connectivity index (χ4n) is 0.854. The Morgan fingerprint density at radius 2 is 2.09 bits per heavy atom. The van der Waals surface area contributed by atoms with E-state index in [1.807, 2.05) is 0 Å². The van der Waals surface area contributed by atoms with Gasteiger partial charge in [-0.1, -0.05) is 12.1 Å². The third kappa shape index (κ3) is 5.75. The molecule has 0 bridgehead atoms. The number of hydrogen-bond acceptors (Lipinski definition) is 4. The predicted octanol–water partition coefficient (Wildman–Crippen LogP) is -0.407. The molecule has 0 aliphatic rings.